The molecule has 1 N–H and O–H groups in total. The second kappa shape index (κ2) is 13.5. The van der Waals surface area contributed by atoms with Gasteiger partial charge >= 0.3 is 5.91 Å². The Morgan fingerprint density at radius 3 is 2.61 bits per heavy atom. The lowest BCUT2D eigenvalue weighted by atomic mass is 9.95. The van der Waals surface area contributed by atoms with Gasteiger partial charge in [-0.1, -0.05) is 56.7 Å². The first-order valence-electron chi connectivity index (χ1n) is 14.6. The summed E-state index contributed by atoms with van der Waals surface area (Å²) in [5, 5.41) is 11.8. The van der Waals surface area contributed by atoms with Crippen molar-refractivity contribution in [3.8, 4) is 17.2 Å². The second-order valence-corrected chi connectivity index (χ2v) is 12.0. The first-order valence-corrected chi connectivity index (χ1v) is 15.4. The maximum atomic E-state index is 14.0. The van der Waals surface area contributed by atoms with E-state index in [1.54, 1.807) is 42.5 Å². The lowest BCUT2D eigenvalue weighted by Crippen LogP contribution is -2.29. The molecule has 5 rings (SSSR count). The molecule has 0 radical (unpaired) electrons. The summed E-state index contributed by atoms with van der Waals surface area (Å²) < 4.78 is 32.0. The van der Waals surface area contributed by atoms with Gasteiger partial charge in [-0.05, 0) is 66.8 Å². The van der Waals surface area contributed by atoms with Crippen LogP contribution < -0.4 is 19.1 Å². The number of methoxy groups -OCH3 is 1. The molecule has 230 valence electrons. The fourth-order valence-corrected chi connectivity index (χ4v) is 5.95. The zero-order chi connectivity index (χ0) is 31.4. The predicted molar refractivity (Wildman–Crippen MR) is 169 cm³/mol. The number of aliphatic hydroxyl groups excluding tert-OH is 1. The number of halogens is 1. The van der Waals surface area contributed by atoms with Crippen molar-refractivity contribution in [1.82, 2.24) is 4.98 Å². The minimum absolute atomic E-state index is 0.110. The van der Waals surface area contributed by atoms with Crippen molar-refractivity contribution < 1.29 is 33.3 Å². The van der Waals surface area contributed by atoms with Crippen LogP contribution in [-0.4, -0.2) is 42.1 Å². The molecule has 44 heavy (non-hydrogen) atoms. The topological polar surface area (TPSA) is 98.2 Å². The van der Waals surface area contributed by atoms with Crippen LogP contribution in [0.3, 0.4) is 0 Å². The van der Waals surface area contributed by atoms with E-state index >= 15 is 0 Å². The highest BCUT2D eigenvalue weighted by Crippen LogP contribution is 2.46. The minimum Gasteiger partial charge on any atom is -0.507 e. The summed E-state index contributed by atoms with van der Waals surface area (Å²) in [4.78, 5) is 33.2. The minimum atomic E-state index is -1.05. The number of ether oxygens (including phenoxy) is 3. The van der Waals surface area contributed by atoms with Gasteiger partial charge in [-0.3, -0.25) is 14.5 Å². The van der Waals surface area contributed by atoms with Crippen molar-refractivity contribution in [2.45, 2.75) is 46.1 Å². The van der Waals surface area contributed by atoms with Crippen molar-refractivity contribution in [3.63, 3.8) is 0 Å². The number of fused-ring (bicyclic) bond motifs is 1. The van der Waals surface area contributed by atoms with E-state index in [0.717, 1.165) is 30.6 Å². The Bertz CT molecular complexity index is 1720. The van der Waals surface area contributed by atoms with Gasteiger partial charge in [0.05, 0.1) is 42.2 Å². The van der Waals surface area contributed by atoms with Crippen molar-refractivity contribution in [2.75, 3.05) is 25.2 Å². The molecule has 0 aliphatic carbocycles. The van der Waals surface area contributed by atoms with Gasteiger partial charge in [0.15, 0.2) is 16.6 Å². The van der Waals surface area contributed by atoms with Crippen molar-refractivity contribution in [2.24, 2.45) is 5.92 Å². The summed E-state index contributed by atoms with van der Waals surface area (Å²) in [6.45, 7) is 7.28. The standard InChI is InChI=1S/C34H35FN2O6S/c1-5-6-15-42-24-9-7-8-22(17-24)31(38)29-30(21-10-13-26(27(18-21)41-4)43-16-14-20(2)3)37(33(40)32(29)39)34-36-25-12-11-23(35)19-28(25)44-34/h7-13,17-20,30,38H,5-6,14-16H2,1-4H3/b31-29+. The van der Waals surface area contributed by atoms with Crippen molar-refractivity contribution in [1.29, 1.82) is 0 Å². The molecule has 4 aromatic rings. The number of benzene rings is 3. The molecule has 1 amide bonds. The molecule has 8 nitrogen and oxygen atoms in total. The van der Waals surface area contributed by atoms with Crippen LogP contribution >= 0.6 is 11.3 Å². The molecular formula is C34H35FN2O6S. The van der Waals surface area contributed by atoms with Crippen molar-refractivity contribution in [3.05, 3.63) is 83.2 Å². The van der Waals surface area contributed by atoms with Gasteiger partial charge in [0.25, 0.3) is 5.78 Å². The SMILES string of the molecule is CCCCOc1cccc(/C(O)=C2\C(=O)C(=O)N(c3nc4ccc(F)cc4s3)C2c2ccc(OCCC(C)C)c(OC)c2)c1. The van der Waals surface area contributed by atoms with E-state index in [-0.39, 0.29) is 16.5 Å². The highest BCUT2D eigenvalue weighted by molar-refractivity contribution is 7.22. The van der Waals surface area contributed by atoms with Crippen LogP contribution in [0, 0.1) is 11.7 Å². The van der Waals surface area contributed by atoms with Crippen LogP contribution in [0.1, 0.15) is 57.2 Å². The number of carbonyl (C=O) groups is 2. The number of aromatic nitrogens is 1. The quantitative estimate of drug-likeness (QED) is 0.0753. The number of Topliss-reactive ketones (excluding diaryl/α,β-unsaturated/α-hetero) is 1. The Morgan fingerprint density at radius 2 is 1.86 bits per heavy atom. The average molecular weight is 619 g/mol. The Morgan fingerprint density at radius 1 is 1.05 bits per heavy atom. The Balaban J connectivity index is 1.63. The number of hydrogen-bond acceptors (Lipinski definition) is 8. The van der Waals surface area contributed by atoms with Gasteiger partial charge < -0.3 is 19.3 Å². The highest BCUT2D eigenvalue weighted by atomic mass is 32.1. The Kier molecular flexibility index (Phi) is 9.49. The third kappa shape index (κ3) is 6.40. The summed E-state index contributed by atoms with van der Waals surface area (Å²) in [7, 11) is 1.51. The average Bonchev–Trinajstić information content (AvgIpc) is 3.54. The van der Waals surface area contributed by atoms with E-state index in [4.69, 9.17) is 14.2 Å². The number of hydrogen-bond donors (Lipinski definition) is 1. The lowest BCUT2D eigenvalue weighted by Gasteiger charge is -2.24. The molecule has 1 atom stereocenters. The normalized spacial score (nSPS) is 16.2. The summed E-state index contributed by atoms with van der Waals surface area (Å²) >= 11 is 1.08. The molecule has 0 saturated carbocycles. The van der Waals surface area contributed by atoms with Crippen LogP contribution in [0.25, 0.3) is 16.0 Å². The van der Waals surface area contributed by atoms with E-state index in [9.17, 15) is 19.1 Å². The number of thiazole rings is 1. The van der Waals surface area contributed by atoms with Gasteiger partial charge in [0.1, 0.15) is 17.3 Å². The van der Waals surface area contributed by atoms with Crippen LogP contribution in [0.5, 0.6) is 17.2 Å². The maximum absolute atomic E-state index is 14.0. The monoisotopic (exact) mass is 618 g/mol. The Labute approximate surface area is 259 Å². The fourth-order valence-electron chi connectivity index (χ4n) is 4.94. The number of ketones is 1. The first-order chi connectivity index (χ1) is 21.2. The number of carbonyl (C=O) groups excluding carboxylic acids is 2. The maximum Gasteiger partial charge on any atom is 0.301 e. The van der Waals surface area contributed by atoms with Gasteiger partial charge in [0.2, 0.25) is 0 Å². The van der Waals surface area contributed by atoms with Gasteiger partial charge in [-0.15, -0.1) is 0 Å². The lowest BCUT2D eigenvalue weighted by molar-refractivity contribution is -0.132. The highest BCUT2D eigenvalue weighted by Gasteiger charge is 2.48. The number of aliphatic hydroxyl groups is 1. The van der Waals surface area contributed by atoms with E-state index in [0.29, 0.717) is 57.7 Å². The van der Waals surface area contributed by atoms with E-state index < -0.39 is 23.5 Å². The van der Waals surface area contributed by atoms with Crippen LogP contribution in [0.2, 0.25) is 0 Å². The molecule has 3 aromatic carbocycles. The zero-order valence-corrected chi connectivity index (χ0v) is 25.9. The van der Waals surface area contributed by atoms with Gasteiger partial charge in [0, 0.05) is 5.56 Å². The van der Waals surface area contributed by atoms with Gasteiger partial charge in [-0.2, -0.15) is 0 Å². The number of anilines is 1. The van der Waals surface area contributed by atoms with E-state index in [2.05, 4.69) is 25.8 Å². The van der Waals surface area contributed by atoms with Crippen LogP contribution in [-0.2, 0) is 9.59 Å². The smallest absolute Gasteiger partial charge is 0.301 e. The molecule has 0 bridgehead atoms. The number of amides is 1. The summed E-state index contributed by atoms with van der Waals surface area (Å²) in [6, 6.07) is 15.0. The van der Waals surface area contributed by atoms with Crippen LogP contribution in [0.15, 0.2) is 66.2 Å². The summed E-state index contributed by atoms with van der Waals surface area (Å²) in [5.74, 6) is -0.598. The number of nitrogens with zero attached hydrogens (tertiary/aromatic N) is 2. The largest absolute Gasteiger partial charge is 0.507 e. The third-order valence-corrected chi connectivity index (χ3v) is 8.34. The molecule has 0 spiro atoms. The Hall–Kier alpha value is -4.44. The fraction of sp³-hybridized carbons (Fsp3) is 0.324. The molecule has 1 aliphatic heterocycles. The summed E-state index contributed by atoms with van der Waals surface area (Å²) in [5.41, 5.74) is 1.20. The first kappa shape index (κ1) is 31.0. The zero-order valence-electron chi connectivity index (χ0n) is 25.1. The van der Waals surface area contributed by atoms with Gasteiger partial charge in [-0.25, -0.2) is 9.37 Å². The third-order valence-electron chi connectivity index (χ3n) is 7.32. The van der Waals surface area contributed by atoms with Crippen molar-refractivity contribution >= 4 is 44.1 Å². The number of unbranched alkanes of at least 4 members (excludes halogenated alkanes) is 1. The molecular weight excluding hydrogens is 583 g/mol. The van der Waals surface area contributed by atoms with E-state index in [1.165, 1.54) is 30.2 Å². The molecule has 1 aliphatic rings. The molecule has 10 heteroatoms. The predicted octanol–water partition coefficient (Wildman–Crippen LogP) is 7.67. The molecule has 2 heterocycles. The molecule has 1 unspecified atom stereocenters. The second-order valence-electron chi connectivity index (χ2n) is 10.9. The van der Waals surface area contributed by atoms with E-state index in [1.807, 2.05) is 0 Å². The van der Waals surface area contributed by atoms with Crippen LogP contribution in [0.4, 0.5) is 9.52 Å². The molecule has 1 saturated heterocycles. The summed E-state index contributed by atoms with van der Waals surface area (Å²) in [6.07, 6.45) is 2.68. The number of rotatable bonds is 12. The molecule has 1 aromatic heterocycles. The molecule has 1 fully saturated rings.